The molecule has 1 heterocycles. The Morgan fingerprint density at radius 2 is 2.11 bits per heavy atom. The molecule has 3 nitrogen and oxygen atoms in total. The summed E-state index contributed by atoms with van der Waals surface area (Å²) in [5.74, 6) is 0.575. The van der Waals surface area contributed by atoms with Crippen molar-refractivity contribution in [2.45, 2.75) is 38.5 Å². The van der Waals surface area contributed by atoms with Gasteiger partial charge in [-0.1, -0.05) is 18.9 Å². The lowest BCUT2D eigenvalue weighted by molar-refractivity contribution is 0.101. The van der Waals surface area contributed by atoms with E-state index in [9.17, 15) is 4.79 Å². The van der Waals surface area contributed by atoms with E-state index < -0.39 is 0 Å². The Bertz CT molecular complexity index is 642. The number of Topliss-reactive ketones (excluding diaryl/α,β-unsaturated/α-hetero) is 1. The van der Waals surface area contributed by atoms with Crippen LogP contribution in [0.3, 0.4) is 0 Å². The molecule has 0 bridgehead atoms. The van der Waals surface area contributed by atoms with E-state index in [4.69, 9.17) is 5.73 Å². The van der Waals surface area contributed by atoms with Crippen molar-refractivity contribution in [3.05, 3.63) is 35.5 Å². The molecule has 0 amide bonds. The number of rotatable bonds is 2. The van der Waals surface area contributed by atoms with E-state index in [0.717, 1.165) is 29.3 Å². The molecule has 98 valence electrons. The van der Waals surface area contributed by atoms with Crippen molar-refractivity contribution in [1.29, 1.82) is 0 Å². The molecule has 0 aliphatic heterocycles. The zero-order valence-corrected chi connectivity index (χ0v) is 11.1. The predicted molar refractivity (Wildman–Crippen MR) is 77.4 cm³/mol. The standard InChI is InChI=1S/C16H18N2O/c1-10(19)13-9-14(17)16-12(7-4-8-18-16)15(13)11-5-2-3-6-11/h4,7-9,11H,2-3,5-6,17H2,1H3. The zero-order chi connectivity index (χ0) is 13.4. The van der Waals surface area contributed by atoms with E-state index in [2.05, 4.69) is 4.98 Å². The smallest absolute Gasteiger partial charge is 0.160 e. The van der Waals surface area contributed by atoms with Crippen molar-refractivity contribution < 1.29 is 4.79 Å². The van der Waals surface area contributed by atoms with Crippen LogP contribution in [0.2, 0.25) is 0 Å². The molecule has 1 aliphatic rings. The summed E-state index contributed by atoms with van der Waals surface area (Å²) < 4.78 is 0. The van der Waals surface area contributed by atoms with E-state index in [1.54, 1.807) is 13.1 Å². The van der Waals surface area contributed by atoms with Gasteiger partial charge in [-0.25, -0.2) is 0 Å². The molecule has 1 aromatic carbocycles. The summed E-state index contributed by atoms with van der Waals surface area (Å²) in [4.78, 5) is 16.3. The number of hydrogen-bond donors (Lipinski definition) is 1. The molecular formula is C16H18N2O. The molecule has 1 fully saturated rings. The number of carbonyl (C=O) groups is 1. The quantitative estimate of drug-likeness (QED) is 0.657. The molecule has 3 heteroatoms. The summed E-state index contributed by atoms with van der Waals surface area (Å²) in [6.07, 6.45) is 6.56. The summed E-state index contributed by atoms with van der Waals surface area (Å²) in [5, 5.41) is 1.06. The summed E-state index contributed by atoms with van der Waals surface area (Å²) in [7, 11) is 0. The summed E-state index contributed by atoms with van der Waals surface area (Å²) in [6, 6.07) is 5.77. The molecule has 0 atom stereocenters. The minimum Gasteiger partial charge on any atom is -0.397 e. The van der Waals surface area contributed by atoms with Gasteiger partial charge in [-0.15, -0.1) is 0 Å². The minimum atomic E-state index is 0.0966. The SMILES string of the molecule is CC(=O)c1cc(N)c2ncccc2c1C1CCCC1. The van der Waals surface area contributed by atoms with Gasteiger partial charge in [-0.05, 0) is 43.4 Å². The van der Waals surface area contributed by atoms with Gasteiger partial charge in [-0.3, -0.25) is 9.78 Å². The highest BCUT2D eigenvalue weighted by atomic mass is 16.1. The second-order valence-electron chi connectivity index (χ2n) is 5.36. The maximum absolute atomic E-state index is 11.9. The highest BCUT2D eigenvalue weighted by Gasteiger charge is 2.24. The van der Waals surface area contributed by atoms with Crippen molar-refractivity contribution in [3.63, 3.8) is 0 Å². The van der Waals surface area contributed by atoms with Gasteiger partial charge < -0.3 is 5.73 Å². The first-order valence-electron chi connectivity index (χ1n) is 6.86. The number of nitrogen functional groups attached to an aromatic ring is 1. The van der Waals surface area contributed by atoms with Crippen LogP contribution < -0.4 is 5.73 Å². The number of nitrogens with zero attached hydrogens (tertiary/aromatic N) is 1. The van der Waals surface area contributed by atoms with Crippen LogP contribution >= 0.6 is 0 Å². The Balaban J connectivity index is 2.33. The van der Waals surface area contributed by atoms with Crippen LogP contribution in [0.15, 0.2) is 24.4 Å². The highest BCUT2D eigenvalue weighted by molar-refractivity contribution is 6.04. The maximum atomic E-state index is 11.9. The molecule has 3 rings (SSSR count). The third-order valence-electron chi connectivity index (χ3n) is 4.10. The maximum Gasteiger partial charge on any atom is 0.160 e. The van der Waals surface area contributed by atoms with Crippen molar-refractivity contribution in [2.75, 3.05) is 5.73 Å². The number of hydrogen-bond acceptors (Lipinski definition) is 3. The van der Waals surface area contributed by atoms with Crippen LogP contribution in [0.1, 0.15) is 54.4 Å². The molecule has 0 unspecified atom stereocenters. The van der Waals surface area contributed by atoms with Gasteiger partial charge in [-0.2, -0.15) is 0 Å². The fraction of sp³-hybridized carbons (Fsp3) is 0.375. The minimum absolute atomic E-state index is 0.0966. The number of ketones is 1. The van der Waals surface area contributed by atoms with Crippen molar-refractivity contribution >= 4 is 22.4 Å². The molecule has 0 radical (unpaired) electrons. The average Bonchev–Trinajstić information content (AvgIpc) is 2.92. The number of carbonyl (C=O) groups excluding carboxylic acids is 1. The number of anilines is 1. The van der Waals surface area contributed by atoms with Gasteiger partial charge in [0.2, 0.25) is 0 Å². The second kappa shape index (κ2) is 4.65. The monoisotopic (exact) mass is 254 g/mol. The van der Waals surface area contributed by atoms with E-state index in [1.165, 1.54) is 18.4 Å². The van der Waals surface area contributed by atoms with Gasteiger partial charge in [0.15, 0.2) is 5.78 Å². The van der Waals surface area contributed by atoms with Gasteiger partial charge in [0.05, 0.1) is 11.2 Å². The Kier molecular flexibility index (Phi) is 2.97. The molecule has 1 saturated carbocycles. The summed E-state index contributed by atoms with van der Waals surface area (Å²) in [5.41, 5.74) is 9.43. The lowest BCUT2D eigenvalue weighted by atomic mass is 9.87. The van der Waals surface area contributed by atoms with Crippen LogP contribution in [0.25, 0.3) is 10.9 Å². The predicted octanol–water partition coefficient (Wildman–Crippen LogP) is 3.68. The lowest BCUT2D eigenvalue weighted by Crippen LogP contribution is -2.07. The lowest BCUT2D eigenvalue weighted by Gasteiger charge is -2.18. The first-order chi connectivity index (χ1) is 9.18. The zero-order valence-electron chi connectivity index (χ0n) is 11.1. The van der Waals surface area contributed by atoms with Crippen molar-refractivity contribution in [3.8, 4) is 0 Å². The number of pyridine rings is 1. The molecule has 0 spiro atoms. The van der Waals surface area contributed by atoms with Crippen LogP contribution in [0.4, 0.5) is 5.69 Å². The first-order valence-corrected chi connectivity index (χ1v) is 6.86. The van der Waals surface area contributed by atoms with Crippen LogP contribution in [-0.4, -0.2) is 10.8 Å². The van der Waals surface area contributed by atoms with Crippen LogP contribution in [-0.2, 0) is 0 Å². The third-order valence-corrected chi connectivity index (χ3v) is 4.10. The molecule has 1 aliphatic carbocycles. The van der Waals surface area contributed by atoms with E-state index in [-0.39, 0.29) is 5.78 Å². The molecule has 19 heavy (non-hydrogen) atoms. The second-order valence-corrected chi connectivity index (χ2v) is 5.36. The third kappa shape index (κ3) is 1.99. The molecular weight excluding hydrogens is 236 g/mol. The van der Waals surface area contributed by atoms with E-state index in [1.807, 2.05) is 18.2 Å². The fourth-order valence-electron chi connectivity index (χ4n) is 3.24. The Labute approximate surface area is 112 Å². The number of nitrogens with two attached hydrogens (primary N) is 1. The Hall–Kier alpha value is -1.90. The number of benzene rings is 1. The number of fused-ring (bicyclic) bond motifs is 1. The van der Waals surface area contributed by atoms with E-state index in [0.29, 0.717) is 11.6 Å². The Morgan fingerprint density at radius 1 is 1.37 bits per heavy atom. The average molecular weight is 254 g/mol. The van der Waals surface area contributed by atoms with Crippen molar-refractivity contribution in [2.24, 2.45) is 0 Å². The Morgan fingerprint density at radius 3 is 2.79 bits per heavy atom. The largest absolute Gasteiger partial charge is 0.397 e. The summed E-state index contributed by atoms with van der Waals surface area (Å²) >= 11 is 0. The highest BCUT2D eigenvalue weighted by Crippen LogP contribution is 2.40. The molecule has 1 aromatic heterocycles. The van der Waals surface area contributed by atoms with Gasteiger partial charge in [0, 0.05) is 17.1 Å². The van der Waals surface area contributed by atoms with E-state index >= 15 is 0 Å². The topological polar surface area (TPSA) is 56.0 Å². The van der Waals surface area contributed by atoms with Crippen molar-refractivity contribution in [1.82, 2.24) is 4.98 Å². The van der Waals surface area contributed by atoms with Crippen LogP contribution in [0.5, 0.6) is 0 Å². The molecule has 2 N–H and O–H groups in total. The number of aromatic nitrogens is 1. The van der Waals surface area contributed by atoms with Gasteiger partial charge in [0.1, 0.15) is 0 Å². The van der Waals surface area contributed by atoms with Gasteiger partial charge in [0.25, 0.3) is 0 Å². The summed E-state index contributed by atoms with van der Waals surface area (Å²) in [6.45, 7) is 1.62. The fourth-order valence-corrected chi connectivity index (χ4v) is 3.24. The molecule has 2 aromatic rings. The van der Waals surface area contributed by atoms with Crippen LogP contribution in [0, 0.1) is 0 Å². The van der Waals surface area contributed by atoms with Gasteiger partial charge >= 0.3 is 0 Å². The molecule has 0 saturated heterocycles. The normalized spacial score (nSPS) is 16.1. The first kappa shape index (κ1) is 12.2.